The fraction of sp³-hybridized carbons (Fsp3) is 0.462. The average molecular weight is 222 g/mol. The molecule has 0 N–H and O–H groups in total. The number of methoxy groups -OCH3 is 2. The third-order valence-corrected chi connectivity index (χ3v) is 2.39. The van der Waals surface area contributed by atoms with E-state index in [1.807, 2.05) is 6.07 Å². The molecule has 0 atom stereocenters. The molecule has 0 spiro atoms. The van der Waals surface area contributed by atoms with E-state index in [0.717, 1.165) is 24.0 Å². The molecule has 0 heterocycles. The zero-order valence-electron chi connectivity index (χ0n) is 10.2. The molecule has 0 aliphatic rings. The van der Waals surface area contributed by atoms with E-state index in [1.54, 1.807) is 20.3 Å². The lowest BCUT2D eigenvalue weighted by Crippen LogP contribution is -2.01. The van der Waals surface area contributed by atoms with E-state index in [-0.39, 0.29) is 0 Å². The standard InChI is InChI=1S/C13H18O3/c1-9(2)5-10-6-13(16-4)11(8-14)7-12(10)15-3/h6-9H,5H2,1-4H3. The SMILES string of the molecule is COc1cc(CC(C)C)c(OC)cc1C=O. The van der Waals surface area contributed by atoms with Crippen LogP contribution in [0.5, 0.6) is 11.5 Å². The van der Waals surface area contributed by atoms with Crippen LogP contribution in [-0.2, 0) is 6.42 Å². The quantitative estimate of drug-likeness (QED) is 0.718. The van der Waals surface area contributed by atoms with Crippen LogP contribution in [0.1, 0.15) is 29.8 Å². The van der Waals surface area contributed by atoms with Gasteiger partial charge in [0.05, 0.1) is 19.8 Å². The smallest absolute Gasteiger partial charge is 0.153 e. The lowest BCUT2D eigenvalue weighted by molar-refractivity contribution is 0.112. The Morgan fingerprint density at radius 2 is 1.81 bits per heavy atom. The molecule has 0 saturated heterocycles. The molecule has 0 radical (unpaired) electrons. The Labute approximate surface area is 96.4 Å². The molecule has 0 fully saturated rings. The van der Waals surface area contributed by atoms with Crippen LogP contribution in [0, 0.1) is 5.92 Å². The second-order valence-electron chi connectivity index (χ2n) is 4.12. The van der Waals surface area contributed by atoms with Gasteiger partial charge in [-0.3, -0.25) is 4.79 Å². The van der Waals surface area contributed by atoms with Gasteiger partial charge in [0.15, 0.2) is 6.29 Å². The number of ether oxygens (including phenoxy) is 2. The molecule has 1 aromatic carbocycles. The molecule has 0 aromatic heterocycles. The molecule has 0 bridgehead atoms. The molecule has 0 aliphatic carbocycles. The summed E-state index contributed by atoms with van der Waals surface area (Å²) in [7, 11) is 3.17. The van der Waals surface area contributed by atoms with Crippen LogP contribution in [0.4, 0.5) is 0 Å². The van der Waals surface area contributed by atoms with Crippen molar-refractivity contribution in [2.75, 3.05) is 14.2 Å². The van der Waals surface area contributed by atoms with Crippen molar-refractivity contribution in [3.8, 4) is 11.5 Å². The van der Waals surface area contributed by atoms with Gasteiger partial charge in [0.25, 0.3) is 0 Å². The fourth-order valence-corrected chi connectivity index (χ4v) is 1.68. The monoisotopic (exact) mass is 222 g/mol. The summed E-state index contributed by atoms with van der Waals surface area (Å²) >= 11 is 0. The molecule has 1 rings (SSSR count). The van der Waals surface area contributed by atoms with Crippen molar-refractivity contribution >= 4 is 6.29 Å². The molecule has 3 nitrogen and oxygen atoms in total. The van der Waals surface area contributed by atoms with Gasteiger partial charge in [-0.05, 0) is 30.0 Å². The minimum Gasteiger partial charge on any atom is -0.496 e. The van der Waals surface area contributed by atoms with E-state index in [9.17, 15) is 4.79 Å². The first-order valence-corrected chi connectivity index (χ1v) is 5.32. The van der Waals surface area contributed by atoms with Crippen LogP contribution >= 0.6 is 0 Å². The molecule has 1 aromatic rings. The lowest BCUT2D eigenvalue weighted by atomic mass is 10.00. The van der Waals surface area contributed by atoms with Crippen LogP contribution < -0.4 is 9.47 Å². The van der Waals surface area contributed by atoms with Crippen LogP contribution in [0.25, 0.3) is 0 Å². The summed E-state index contributed by atoms with van der Waals surface area (Å²) in [5.41, 5.74) is 1.59. The minimum absolute atomic E-state index is 0.520. The average Bonchev–Trinajstić information content (AvgIpc) is 2.27. The van der Waals surface area contributed by atoms with Gasteiger partial charge < -0.3 is 9.47 Å². The molecule has 16 heavy (non-hydrogen) atoms. The molecule has 0 unspecified atom stereocenters. The van der Waals surface area contributed by atoms with Crippen LogP contribution in [0.15, 0.2) is 12.1 Å². The van der Waals surface area contributed by atoms with Gasteiger partial charge in [-0.15, -0.1) is 0 Å². The summed E-state index contributed by atoms with van der Waals surface area (Å²) < 4.78 is 10.4. The summed E-state index contributed by atoms with van der Waals surface area (Å²) in [6.07, 6.45) is 1.68. The Hall–Kier alpha value is -1.51. The second-order valence-corrected chi connectivity index (χ2v) is 4.12. The van der Waals surface area contributed by atoms with Crippen molar-refractivity contribution in [1.82, 2.24) is 0 Å². The summed E-state index contributed by atoms with van der Waals surface area (Å²) in [4.78, 5) is 10.9. The summed E-state index contributed by atoms with van der Waals surface area (Å²) in [5.74, 6) is 1.88. The highest BCUT2D eigenvalue weighted by molar-refractivity contribution is 5.80. The highest BCUT2D eigenvalue weighted by Gasteiger charge is 2.11. The van der Waals surface area contributed by atoms with Crippen molar-refractivity contribution < 1.29 is 14.3 Å². The Bertz CT molecular complexity index is 370. The maximum atomic E-state index is 10.9. The zero-order chi connectivity index (χ0) is 12.1. The maximum absolute atomic E-state index is 10.9. The number of carbonyl (C=O) groups is 1. The van der Waals surface area contributed by atoms with E-state index in [2.05, 4.69) is 13.8 Å². The van der Waals surface area contributed by atoms with Gasteiger partial charge >= 0.3 is 0 Å². The first kappa shape index (κ1) is 12.6. The Morgan fingerprint density at radius 3 is 2.25 bits per heavy atom. The van der Waals surface area contributed by atoms with Crippen molar-refractivity contribution in [3.63, 3.8) is 0 Å². The molecular weight excluding hydrogens is 204 g/mol. The number of carbonyl (C=O) groups excluding carboxylic acids is 1. The third kappa shape index (κ3) is 2.75. The number of hydrogen-bond acceptors (Lipinski definition) is 3. The molecular formula is C13H18O3. The van der Waals surface area contributed by atoms with E-state index in [1.165, 1.54) is 0 Å². The number of hydrogen-bond donors (Lipinski definition) is 0. The molecule has 0 saturated carbocycles. The Morgan fingerprint density at radius 1 is 1.19 bits per heavy atom. The van der Waals surface area contributed by atoms with Gasteiger partial charge in [-0.1, -0.05) is 13.8 Å². The van der Waals surface area contributed by atoms with Gasteiger partial charge in [0.2, 0.25) is 0 Å². The maximum Gasteiger partial charge on any atom is 0.153 e. The molecule has 88 valence electrons. The first-order chi connectivity index (χ1) is 7.62. The predicted octanol–water partition coefficient (Wildman–Crippen LogP) is 2.71. The predicted molar refractivity (Wildman–Crippen MR) is 63.5 cm³/mol. The highest BCUT2D eigenvalue weighted by Crippen LogP contribution is 2.29. The topological polar surface area (TPSA) is 35.5 Å². The molecule has 3 heteroatoms. The normalized spacial score (nSPS) is 10.3. The van der Waals surface area contributed by atoms with Gasteiger partial charge in [-0.25, -0.2) is 0 Å². The van der Waals surface area contributed by atoms with E-state index >= 15 is 0 Å². The Kier molecular flexibility index (Phi) is 4.35. The first-order valence-electron chi connectivity index (χ1n) is 5.32. The lowest BCUT2D eigenvalue weighted by Gasteiger charge is -2.13. The second kappa shape index (κ2) is 5.54. The summed E-state index contributed by atoms with van der Waals surface area (Å²) in [5, 5.41) is 0. The van der Waals surface area contributed by atoms with Gasteiger partial charge in [-0.2, -0.15) is 0 Å². The summed E-state index contributed by atoms with van der Waals surface area (Å²) in [6, 6.07) is 3.60. The largest absolute Gasteiger partial charge is 0.496 e. The third-order valence-electron chi connectivity index (χ3n) is 2.39. The molecule has 0 aliphatic heterocycles. The van der Waals surface area contributed by atoms with Crippen LogP contribution in [0.2, 0.25) is 0 Å². The zero-order valence-corrected chi connectivity index (χ0v) is 10.2. The van der Waals surface area contributed by atoms with Crippen molar-refractivity contribution in [1.29, 1.82) is 0 Å². The van der Waals surface area contributed by atoms with Crippen molar-refractivity contribution in [2.45, 2.75) is 20.3 Å². The number of benzene rings is 1. The Balaban J connectivity index is 3.20. The van der Waals surface area contributed by atoms with Crippen LogP contribution in [-0.4, -0.2) is 20.5 Å². The van der Waals surface area contributed by atoms with E-state index < -0.39 is 0 Å². The number of rotatable bonds is 5. The van der Waals surface area contributed by atoms with E-state index in [0.29, 0.717) is 17.2 Å². The van der Waals surface area contributed by atoms with Gasteiger partial charge in [0.1, 0.15) is 11.5 Å². The van der Waals surface area contributed by atoms with Crippen LogP contribution in [0.3, 0.4) is 0 Å². The molecule has 0 amide bonds. The van der Waals surface area contributed by atoms with E-state index in [4.69, 9.17) is 9.47 Å². The minimum atomic E-state index is 0.520. The highest BCUT2D eigenvalue weighted by atomic mass is 16.5. The number of aldehydes is 1. The fourth-order valence-electron chi connectivity index (χ4n) is 1.68. The van der Waals surface area contributed by atoms with Crippen molar-refractivity contribution in [2.24, 2.45) is 5.92 Å². The van der Waals surface area contributed by atoms with Crippen molar-refractivity contribution in [3.05, 3.63) is 23.3 Å². The van der Waals surface area contributed by atoms with Gasteiger partial charge in [0, 0.05) is 0 Å². The summed E-state index contributed by atoms with van der Waals surface area (Å²) in [6.45, 7) is 4.28.